The average Bonchev–Trinajstić information content (AvgIpc) is 2.89. The number of anilines is 2. The van der Waals surface area contributed by atoms with Crippen LogP contribution in [0.15, 0.2) is 24.3 Å². The van der Waals surface area contributed by atoms with E-state index in [1.54, 1.807) is 9.80 Å². The van der Waals surface area contributed by atoms with Gasteiger partial charge in [0, 0.05) is 22.3 Å². The summed E-state index contributed by atoms with van der Waals surface area (Å²) < 4.78 is 11.0. The van der Waals surface area contributed by atoms with Crippen LogP contribution in [0.2, 0.25) is 0 Å². The molecule has 0 aliphatic carbocycles. The van der Waals surface area contributed by atoms with Crippen molar-refractivity contribution in [3.8, 4) is 0 Å². The summed E-state index contributed by atoms with van der Waals surface area (Å²) in [7, 11) is 0. The fraction of sp³-hybridized carbons (Fsp3) is 0.429. The second-order valence-corrected chi connectivity index (χ2v) is 5.75. The lowest BCUT2D eigenvalue weighted by Crippen LogP contribution is -2.41. The Bertz CT molecular complexity index is 548. The van der Waals surface area contributed by atoms with Crippen molar-refractivity contribution in [3.05, 3.63) is 24.3 Å². The molecule has 2 saturated heterocycles. The van der Waals surface area contributed by atoms with E-state index in [1.807, 2.05) is 24.3 Å². The number of morpholine rings is 1. The molecule has 3 rings (SSSR count). The molecule has 112 valence electrons. The maximum atomic E-state index is 11.8. The van der Waals surface area contributed by atoms with Crippen molar-refractivity contribution in [2.75, 3.05) is 40.6 Å². The van der Waals surface area contributed by atoms with E-state index >= 15 is 0 Å². The third-order valence-electron chi connectivity index (χ3n) is 3.56. The molecule has 1 aromatic carbocycles. The number of carbonyl (C=O) groups excluding carboxylic acids is 2. The standard InChI is InChI=1S/C14H15IN2O4/c15-7-12-8-21-14(19)17(12)11-3-1-10(2-4-11)16-5-6-20-9-13(16)18/h1-4,12H,5-9H2. The Balaban J connectivity index is 1.80. The molecule has 0 radical (unpaired) electrons. The first-order chi connectivity index (χ1) is 10.2. The summed E-state index contributed by atoms with van der Waals surface area (Å²) in [5.74, 6) is -0.0419. The summed E-state index contributed by atoms with van der Waals surface area (Å²) in [5.41, 5.74) is 1.62. The molecule has 1 unspecified atom stereocenters. The summed E-state index contributed by atoms with van der Waals surface area (Å²) in [6.45, 7) is 1.64. The first-order valence-corrected chi connectivity index (χ1v) is 8.23. The zero-order valence-corrected chi connectivity index (χ0v) is 13.5. The summed E-state index contributed by atoms with van der Waals surface area (Å²) in [4.78, 5) is 27.0. The highest BCUT2D eigenvalue weighted by Crippen LogP contribution is 2.27. The number of nitrogens with zero attached hydrogens (tertiary/aromatic N) is 2. The SMILES string of the molecule is O=C1COCCN1c1ccc(N2C(=O)OCC2CI)cc1. The topological polar surface area (TPSA) is 59.1 Å². The molecule has 2 aliphatic rings. The third-order valence-corrected chi connectivity index (χ3v) is 4.58. The molecule has 2 aliphatic heterocycles. The number of halogens is 1. The molecule has 0 aromatic heterocycles. The lowest BCUT2D eigenvalue weighted by atomic mass is 10.2. The zero-order valence-electron chi connectivity index (χ0n) is 11.3. The second kappa shape index (κ2) is 6.18. The van der Waals surface area contributed by atoms with Gasteiger partial charge in [-0.2, -0.15) is 0 Å². The molecule has 1 aromatic rings. The Morgan fingerprint density at radius 3 is 2.57 bits per heavy atom. The first kappa shape index (κ1) is 14.6. The van der Waals surface area contributed by atoms with Gasteiger partial charge in [-0.3, -0.25) is 9.69 Å². The molecule has 0 saturated carbocycles. The number of rotatable bonds is 3. The van der Waals surface area contributed by atoms with Crippen molar-refractivity contribution in [3.63, 3.8) is 0 Å². The molecule has 21 heavy (non-hydrogen) atoms. The Hall–Kier alpha value is -1.35. The van der Waals surface area contributed by atoms with Crippen molar-refractivity contribution >= 4 is 46.0 Å². The van der Waals surface area contributed by atoms with Gasteiger partial charge in [0.15, 0.2) is 0 Å². The summed E-state index contributed by atoms with van der Waals surface area (Å²) in [6.07, 6.45) is -0.313. The van der Waals surface area contributed by atoms with Gasteiger partial charge in [-0.1, -0.05) is 22.6 Å². The number of benzene rings is 1. The van der Waals surface area contributed by atoms with Gasteiger partial charge in [-0.25, -0.2) is 4.79 Å². The third kappa shape index (κ3) is 2.84. The van der Waals surface area contributed by atoms with Gasteiger partial charge < -0.3 is 14.4 Å². The van der Waals surface area contributed by atoms with Gasteiger partial charge >= 0.3 is 6.09 Å². The van der Waals surface area contributed by atoms with E-state index in [-0.39, 0.29) is 24.6 Å². The van der Waals surface area contributed by atoms with Crippen LogP contribution >= 0.6 is 22.6 Å². The second-order valence-electron chi connectivity index (χ2n) is 4.87. The monoisotopic (exact) mass is 402 g/mol. The minimum Gasteiger partial charge on any atom is -0.447 e. The van der Waals surface area contributed by atoms with Gasteiger partial charge in [0.1, 0.15) is 13.2 Å². The van der Waals surface area contributed by atoms with Gasteiger partial charge in [0.05, 0.1) is 12.6 Å². The number of hydrogen-bond acceptors (Lipinski definition) is 4. The number of ether oxygens (including phenoxy) is 2. The highest BCUT2D eigenvalue weighted by molar-refractivity contribution is 14.1. The molecule has 2 fully saturated rings. The minimum atomic E-state index is -0.313. The van der Waals surface area contributed by atoms with Crippen LogP contribution in [0.25, 0.3) is 0 Å². The number of hydrogen-bond donors (Lipinski definition) is 0. The average molecular weight is 402 g/mol. The normalized spacial score (nSPS) is 22.6. The zero-order chi connectivity index (χ0) is 14.8. The molecule has 0 N–H and O–H groups in total. The highest BCUT2D eigenvalue weighted by atomic mass is 127. The van der Waals surface area contributed by atoms with E-state index in [1.165, 1.54) is 0 Å². The van der Waals surface area contributed by atoms with E-state index in [0.29, 0.717) is 19.8 Å². The van der Waals surface area contributed by atoms with Crippen molar-refractivity contribution in [2.45, 2.75) is 6.04 Å². The molecular formula is C14H15IN2O4. The number of alkyl halides is 1. The Labute approximate surface area is 136 Å². The quantitative estimate of drug-likeness (QED) is 0.572. The molecule has 7 heteroatoms. The van der Waals surface area contributed by atoms with Crippen LogP contribution in [0.1, 0.15) is 0 Å². The van der Waals surface area contributed by atoms with E-state index < -0.39 is 0 Å². The van der Waals surface area contributed by atoms with Crippen molar-refractivity contribution in [2.24, 2.45) is 0 Å². The molecule has 2 amide bonds. The smallest absolute Gasteiger partial charge is 0.414 e. The fourth-order valence-electron chi connectivity index (χ4n) is 2.47. The van der Waals surface area contributed by atoms with Crippen molar-refractivity contribution in [1.29, 1.82) is 0 Å². The van der Waals surface area contributed by atoms with Crippen LogP contribution in [0.3, 0.4) is 0 Å². The molecular weight excluding hydrogens is 387 g/mol. The number of cyclic esters (lactones) is 1. The fourth-order valence-corrected chi connectivity index (χ4v) is 3.12. The maximum Gasteiger partial charge on any atom is 0.414 e. The summed E-state index contributed by atoms with van der Waals surface area (Å²) >= 11 is 2.25. The maximum absolute atomic E-state index is 11.8. The molecule has 2 heterocycles. The predicted molar refractivity (Wildman–Crippen MR) is 86.1 cm³/mol. The summed E-state index contributed by atoms with van der Waals surface area (Å²) in [5, 5.41) is 0. The van der Waals surface area contributed by atoms with E-state index in [0.717, 1.165) is 15.8 Å². The molecule has 6 nitrogen and oxygen atoms in total. The van der Waals surface area contributed by atoms with Crippen molar-refractivity contribution < 1.29 is 19.1 Å². The van der Waals surface area contributed by atoms with E-state index in [4.69, 9.17) is 9.47 Å². The van der Waals surface area contributed by atoms with Gasteiger partial charge in [0.25, 0.3) is 5.91 Å². The van der Waals surface area contributed by atoms with Crippen LogP contribution in [0, 0.1) is 0 Å². The Morgan fingerprint density at radius 2 is 1.90 bits per heavy atom. The van der Waals surface area contributed by atoms with Crippen molar-refractivity contribution in [1.82, 2.24) is 0 Å². The molecule has 0 bridgehead atoms. The van der Waals surface area contributed by atoms with Gasteiger partial charge in [-0.15, -0.1) is 0 Å². The largest absolute Gasteiger partial charge is 0.447 e. The highest BCUT2D eigenvalue weighted by Gasteiger charge is 2.33. The minimum absolute atomic E-state index is 0.0419. The van der Waals surface area contributed by atoms with Crippen LogP contribution in [0.4, 0.5) is 16.2 Å². The van der Waals surface area contributed by atoms with Gasteiger partial charge in [0.2, 0.25) is 0 Å². The van der Waals surface area contributed by atoms with Gasteiger partial charge in [-0.05, 0) is 24.3 Å². The van der Waals surface area contributed by atoms with Crippen LogP contribution in [-0.2, 0) is 14.3 Å². The Kier molecular flexibility index (Phi) is 4.29. The molecule has 1 atom stereocenters. The Morgan fingerprint density at radius 1 is 1.19 bits per heavy atom. The van der Waals surface area contributed by atoms with Crippen LogP contribution < -0.4 is 9.80 Å². The predicted octanol–water partition coefficient (Wildman–Crippen LogP) is 1.81. The molecule has 0 spiro atoms. The first-order valence-electron chi connectivity index (χ1n) is 6.71. The number of amides is 2. The van der Waals surface area contributed by atoms with Crippen LogP contribution in [-0.4, -0.2) is 48.8 Å². The lowest BCUT2D eigenvalue weighted by molar-refractivity contribution is -0.125. The van der Waals surface area contributed by atoms with E-state index in [2.05, 4.69) is 22.6 Å². The lowest BCUT2D eigenvalue weighted by Gasteiger charge is -2.27. The van der Waals surface area contributed by atoms with E-state index in [9.17, 15) is 9.59 Å². The number of carbonyl (C=O) groups is 2. The summed E-state index contributed by atoms with van der Waals surface area (Å²) in [6, 6.07) is 7.48. The van der Waals surface area contributed by atoms with Crippen LogP contribution in [0.5, 0.6) is 0 Å².